The van der Waals surface area contributed by atoms with Crippen LogP contribution in [0.4, 0.5) is 0 Å². The fraction of sp³-hybridized carbons (Fsp3) is 0.778. The van der Waals surface area contributed by atoms with Gasteiger partial charge in [-0.15, -0.1) is 0 Å². The Morgan fingerprint density at radius 1 is 1.23 bits per heavy atom. The maximum atomic E-state index is 5.84. The number of piperidine rings is 1. The van der Waals surface area contributed by atoms with Gasteiger partial charge in [-0.25, -0.2) is 0 Å². The Balaban J connectivity index is 1.80. The van der Waals surface area contributed by atoms with Crippen molar-refractivity contribution in [2.45, 2.75) is 45.7 Å². The number of aryl methyl sites for hydroxylation is 2. The summed E-state index contributed by atoms with van der Waals surface area (Å²) in [6.45, 7) is 9.85. The van der Waals surface area contributed by atoms with E-state index in [0.717, 1.165) is 24.6 Å². The number of hydrogen-bond donors (Lipinski definition) is 0. The zero-order chi connectivity index (χ0) is 16.1. The van der Waals surface area contributed by atoms with Crippen LogP contribution in [-0.4, -0.2) is 68.1 Å². The lowest BCUT2D eigenvalue weighted by atomic mass is 10.0. The van der Waals surface area contributed by atoms with Crippen LogP contribution in [0.25, 0.3) is 0 Å². The molecule has 1 saturated heterocycles. The van der Waals surface area contributed by atoms with E-state index in [-0.39, 0.29) is 0 Å². The van der Waals surface area contributed by atoms with Crippen molar-refractivity contribution in [1.29, 1.82) is 0 Å². The Labute approximate surface area is 136 Å². The van der Waals surface area contributed by atoms with E-state index in [1.165, 1.54) is 44.5 Å². The van der Waals surface area contributed by atoms with Crippen molar-refractivity contribution in [3.63, 3.8) is 0 Å². The summed E-state index contributed by atoms with van der Waals surface area (Å²) in [5.74, 6) is 2.18. The maximum absolute atomic E-state index is 5.84. The van der Waals surface area contributed by atoms with Gasteiger partial charge in [0.15, 0.2) is 0 Å². The van der Waals surface area contributed by atoms with Crippen LogP contribution >= 0.6 is 0 Å². The minimum absolute atomic E-state index is 0.688. The van der Waals surface area contributed by atoms with E-state index < -0.39 is 0 Å². The number of likely N-dealkylation sites (tertiary alicyclic amines) is 1. The van der Waals surface area contributed by atoms with Crippen molar-refractivity contribution in [2.24, 2.45) is 0 Å². The lowest BCUT2D eigenvalue weighted by Crippen LogP contribution is -2.46. The highest BCUT2D eigenvalue weighted by Crippen LogP contribution is 2.20. The predicted molar refractivity (Wildman–Crippen MR) is 92.3 cm³/mol. The number of likely N-dealkylation sites (N-methyl/N-ethyl adjacent to an activating group) is 1. The molecule has 4 nitrogen and oxygen atoms in total. The Hall–Kier alpha value is -0.840. The molecular weight excluding hydrogens is 274 g/mol. The average Bonchev–Trinajstić information content (AvgIpc) is 2.77. The molecule has 1 aromatic rings. The zero-order valence-electron chi connectivity index (χ0n) is 15.1. The number of rotatable bonds is 7. The third kappa shape index (κ3) is 5.11. The summed E-state index contributed by atoms with van der Waals surface area (Å²) in [7, 11) is 6.58. The second kappa shape index (κ2) is 8.14. The van der Waals surface area contributed by atoms with E-state index in [1.807, 2.05) is 0 Å². The summed E-state index contributed by atoms with van der Waals surface area (Å²) >= 11 is 0. The molecule has 0 aromatic carbocycles. The Kier molecular flexibility index (Phi) is 6.48. The lowest BCUT2D eigenvalue weighted by Gasteiger charge is -2.37. The smallest absolute Gasteiger partial charge is 0.118 e. The van der Waals surface area contributed by atoms with E-state index in [4.69, 9.17) is 4.42 Å². The summed E-state index contributed by atoms with van der Waals surface area (Å²) in [5, 5.41) is 0. The van der Waals surface area contributed by atoms with Gasteiger partial charge in [-0.2, -0.15) is 0 Å². The molecule has 22 heavy (non-hydrogen) atoms. The van der Waals surface area contributed by atoms with Gasteiger partial charge in [-0.05, 0) is 85.5 Å². The van der Waals surface area contributed by atoms with Gasteiger partial charge < -0.3 is 14.2 Å². The molecule has 1 aromatic heterocycles. The Bertz CT molecular complexity index is 436. The van der Waals surface area contributed by atoms with Gasteiger partial charge in [0.1, 0.15) is 11.5 Å². The first-order chi connectivity index (χ1) is 10.5. The third-order valence-electron chi connectivity index (χ3n) is 4.82. The molecule has 1 fully saturated rings. The number of nitrogens with zero attached hydrogens (tertiary/aromatic N) is 3. The van der Waals surface area contributed by atoms with E-state index in [2.05, 4.69) is 55.8 Å². The van der Waals surface area contributed by atoms with Crippen molar-refractivity contribution in [2.75, 3.05) is 47.3 Å². The van der Waals surface area contributed by atoms with E-state index in [1.54, 1.807) is 0 Å². The predicted octanol–water partition coefficient (Wildman–Crippen LogP) is 2.74. The second-order valence-corrected chi connectivity index (χ2v) is 7.12. The molecule has 1 aliphatic heterocycles. The molecule has 0 radical (unpaired) electrons. The largest absolute Gasteiger partial charge is 0.465 e. The highest BCUT2D eigenvalue weighted by Gasteiger charge is 2.23. The molecule has 2 heterocycles. The van der Waals surface area contributed by atoms with Crippen LogP contribution < -0.4 is 0 Å². The fourth-order valence-corrected chi connectivity index (χ4v) is 3.30. The van der Waals surface area contributed by atoms with Gasteiger partial charge in [0.05, 0.1) is 6.54 Å². The lowest BCUT2D eigenvalue weighted by molar-refractivity contribution is 0.104. The van der Waals surface area contributed by atoms with E-state index >= 15 is 0 Å². The van der Waals surface area contributed by atoms with Crippen molar-refractivity contribution < 1.29 is 4.42 Å². The van der Waals surface area contributed by atoms with Crippen molar-refractivity contribution in [1.82, 2.24) is 14.7 Å². The molecule has 4 heteroatoms. The number of furan rings is 1. The first-order valence-electron chi connectivity index (χ1n) is 8.59. The Morgan fingerprint density at radius 2 is 2.00 bits per heavy atom. The molecule has 1 aliphatic rings. The standard InChI is InChI=1S/C18H33N3O/c1-15-12-18(22-16(15)2)14-21-11-6-8-17(13-21)20(5)10-7-9-19(3)4/h12,17H,6-11,13-14H2,1-5H3. The van der Waals surface area contributed by atoms with Crippen molar-refractivity contribution in [3.05, 3.63) is 23.2 Å². The van der Waals surface area contributed by atoms with Gasteiger partial charge >= 0.3 is 0 Å². The molecule has 2 rings (SSSR count). The molecule has 0 N–H and O–H groups in total. The zero-order valence-corrected chi connectivity index (χ0v) is 15.1. The summed E-state index contributed by atoms with van der Waals surface area (Å²) in [6.07, 6.45) is 3.86. The van der Waals surface area contributed by atoms with Crippen LogP contribution in [0.15, 0.2) is 10.5 Å². The Morgan fingerprint density at radius 3 is 2.64 bits per heavy atom. The topological polar surface area (TPSA) is 22.9 Å². The van der Waals surface area contributed by atoms with E-state index in [9.17, 15) is 0 Å². The van der Waals surface area contributed by atoms with Crippen LogP contribution in [0.1, 0.15) is 36.3 Å². The van der Waals surface area contributed by atoms with Gasteiger partial charge in [-0.3, -0.25) is 4.90 Å². The second-order valence-electron chi connectivity index (χ2n) is 7.12. The van der Waals surface area contributed by atoms with Gasteiger partial charge in [0, 0.05) is 12.6 Å². The molecule has 0 bridgehead atoms. The molecule has 0 saturated carbocycles. The maximum Gasteiger partial charge on any atom is 0.118 e. The van der Waals surface area contributed by atoms with Crippen molar-refractivity contribution >= 4 is 0 Å². The summed E-state index contributed by atoms with van der Waals surface area (Å²) in [4.78, 5) is 7.37. The van der Waals surface area contributed by atoms with Crippen LogP contribution in [0, 0.1) is 13.8 Å². The normalized spacial score (nSPS) is 20.2. The minimum atomic E-state index is 0.688. The van der Waals surface area contributed by atoms with Crippen molar-refractivity contribution in [3.8, 4) is 0 Å². The molecular formula is C18H33N3O. The monoisotopic (exact) mass is 307 g/mol. The first-order valence-corrected chi connectivity index (χ1v) is 8.59. The molecule has 0 spiro atoms. The first kappa shape index (κ1) is 17.5. The summed E-state index contributed by atoms with van der Waals surface area (Å²) in [5.41, 5.74) is 1.27. The van der Waals surface area contributed by atoms with Crippen LogP contribution in [0.5, 0.6) is 0 Å². The summed E-state index contributed by atoms with van der Waals surface area (Å²) in [6, 6.07) is 2.88. The van der Waals surface area contributed by atoms with Crippen LogP contribution in [-0.2, 0) is 6.54 Å². The molecule has 0 amide bonds. The quantitative estimate of drug-likeness (QED) is 0.772. The molecule has 126 valence electrons. The van der Waals surface area contributed by atoms with Gasteiger partial charge in [0.2, 0.25) is 0 Å². The highest BCUT2D eigenvalue weighted by molar-refractivity contribution is 5.18. The SMILES string of the molecule is Cc1cc(CN2CCCC(N(C)CCCN(C)C)C2)oc1C. The number of hydrogen-bond acceptors (Lipinski definition) is 4. The average molecular weight is 307 g/mol. The third-order valence-corrected chi connectivity index (χ3v) is 4.82. The van der Waals surface area contributed by atoms with Gasteiger partial charge in [-0.1, -0.05) is 0 Å². The van der Waals surface area contributed by atoms with Gasteiger partial charge in [0.25, 0.3) is 0 Å². The molecule has 1 unspecified atom stereocenters. The molecule has 1 atom stereocenters. The summed E-state index contributed by atoms with van der Waals surface area (Å²) < 4.78 is 5.84. The minimum Gasteiger partial charge on any atom is -0.465 e. The van der Waals surface area contributed by atoms with E-state index in [0.29, 0.717) is 6.04 Å². The van der Waals surface area contributed by atoms with Crippen LogP contribution in [0.3, 0.4) is 0 Å². The molecule has 0 aliphatic carbocycles. The fourth-order valence-electron chi connectivity index (χ4n) is 3.30. The van der Waals surface area contributed by atoms with Crippen LogP contribution in [0.2, 0.25) is 0 Å². The highest BCUT2D eigenvalue weighted by atomic mass is 16.3.